The summed E-state index contributed by atoms with van der Waals surface area (Å²) >= 11 is 0. The average Bonchev–Trinajstić information content (AvgIpc) is 4.04. The van der Waals surface area contributed by atoms with Gasteiger partial charge in [0, 0.05) is 36.9 Å². The van der Waals surface area contributed by atoms with E-state index in [4.69, 9.17) is 18.9 Å². The van der Waals surface area contributed by atoms with Gasteiger partial charge >= 0.3 is 12.3 Å². The standard InChI is InChI=1S/C40H52F3N5O10S/c1-23-9-7-8-10-26-20-39(26,35(51)47-59(53,54)38(4)14-15-38)46-32(49)30-19-28(57-33-29-12-11-27(56-6)18-24(29)13-16-44-33)21-48(30)34(50)31(25(17-23)22-55-5)45-36(52)58-37(2,3)40(41,42)43/h8,10-13,16,18,23,25-26,28,30-31H,7,9,14-15,17,19-22H2,1-6H3,(H,45,52)(H,46,49)(H,47,51)/b10-8-/t23-,25-,26+,28+,30-,31-,39+/m0/s1. The van der Waals surface area contributed by atoms with E-state index >= 15 is 0 Å². The largest absolute Gasteiger partial charge is 0.497 e. The van der Waals surface area contributed by atoms with Crippen molar-refractivity contribution in [2.75, 3.05) is 27.4 Å². The minimum Gasteiger partial charge on any atom is -0.497 e. The molecule has 2 aliphatic carbocycles. The lowest BCUT2D eigenvalue weighted by molar-refractivity contribution is -0.244. The number of alkyl halides is 3. The number of pyridine rings is 1. The van der Waals surface area contributed by atoms with Gasteiger partial charge in [0.25, 0.3) is 5.91 Å². The molecule has 7 atom stereocenters. The van der Waals surface area contributed by atoms with Crippen molar-refractivity contribution in [3.63, 3.8) is 0 Å². The third kappa shape index (κ3) is 9.25. The average molecular weight is 852 g/mol. The Labute approximate surface area is 341 Å². The van der Waals surface area contributed by atoms with Gasteiger partial charge in [-0.1, -0.05) is 19.1 Å². The number of alkyl carbamates (subject to hydrolysis) is 1. The number of amides is 4. The molecule has 3 N–H and O–H groups in total. The summed E-state index contributed by atoms with van der Waals surface area (Å²) in [4.78, 5) is 62.3. The first-order valence-corrected chi connectivity index (χ1v) is 21.1. The maximum atomic E-state index is 14.9. The van der Waals surface area contributed by atoms with Crippen molar-refractivity contribution < 1.29 is 59.7 Å². The van der Waals surface area contributed by atoms with Crippen LogP contribution in [0, 0.1) is 17.8 Å². The van der Waals surface area contributed by atoms with Crippen molar-refractivity contribution >= 4 is 44.6 Å². The molecule has 1 aromatic heterocycles. The molecule has 6 rings (SSSR count). The third-order valence-corrected chi connectivity index (χ3v) is 14.1. The molecule has 0 unspecified atom stereocenters. The number of halogens is 3. The molecular formula is C40H52F3N5O10S. The molecule has 4 aliphatic rings. The topological polar surface area (TPSA) is 192 Å². The normalized spacial score (nSPS) is 29.1. The number of hydrogen-bond donors (Lipinski definition) is 3. The highest BCUT2D eigenvalue weighted by atomic mass is 32.2. The number of nitrogens with zero attached hydrogens (tertiary/aromatic N) is 2. The second kappa shape index (κ2) is 16.4. The Hall–Kier alpha value is -4.65. The minimum atomic E-state index is -4.94. The second-order valence-electron chi connectivity index (χ2n) is 16.9. The number of benzene rings is 1. The molecular weight excluding hydrogens is 800 g/mol. The summed E-state index contributed by atoms with van der Waals surface area (Å²) in [6.07, 6.45) is -0.134. The summed E-state index contributed by atoms with van der Waals surface area (Å²) in [6.45, 7) is 4.48. The molecule has 59 heavy (non-hydrogen) atoms. The van der Waals surface area contributed by atoms with Gasteiger partial charge in [-0.2, -0.15) is 13.2 Å². The first kappa shape index (κ1) is 43.9. The van der Waals surface area contributed by atoms with Gasteiger partial charge < -0.3 is 34.5 Å². The van der Waals surface area contributed by atoms with E-state index in [0.29, 0.717) is 50.7 Å². The molecule has 3 heterocycles. The zero-order chi connectivity index (χ0) is 43.1. The van der Waals surface area contributed by atoms with E-state index < -0.39 is 85.9 Å². The number of methoxy groups -OCH3 is 2. The molecule has 15 nitrogen and oxygen atoms in total. The van der Waals surface area contributed by atoms with E-state index in [-0.39, 0.29) is 44.2 Å². The lowest BCUT2D eigenvalue weighted by Crippen LogP contribution is -2.60. The highest BCUT2D eigenvalue weighted by molar-refractivity contribution is 7.91. The van der Waals surface area contributed by atoms with Gasteiger partial charge in [-0.3, -0.25) is 19.1 Å². The Bertz CT molecular complexity index is 2090. The number of aromatic nitrogens is 1. The van der Waals surface area contributed by atoms with Crippen molar-refractivity contribution in [2.24, 2.45) is 17.8 Å². The molecule has 1 saturated heterocycles. The maximum Gasteiger partial charge on any atom is 0.427 e. The van der Waals surface area contributed by atoms with Crippen LogP contribution in [0.15, 0.2) is 42.6 Å². The van der Waals surface area contributed by atoms with E-state index in [1.54, 1.807) is 30.3 Å². The van der Waals surface area contributed by atoms with E-state index in [1.165, 1.54) is 32.2 Å². The smallest absolute Gasteiger partial charge is 0.427 e. The van der Waals surface area contributed by atoms with Crippen LogP contribution in [0.25, 0.3) is 10.8 Å². The molecule has 324 valence electrons. The summed E-state index contributed by atoms with van der Waals surface area (Å²) < 4.78 is 91.0. The van der Waals surface area contributed by atoms with Crippen molar-refractivity contribution in [3.05, 3.63) is 42.6 Å². The molecule has 4 amide bonds. The van der Waals surface area contributed by atoms with E-state index in [2.05, 4.69) is 20.3 Å². The van der Waals surface area contributed by atoms with Gasteiger partial charge in [0.2, 0.25) is 33.3 Å². The zero-order valence-corrected chi connectivity index (χ0v) is 34.7. The number of nitrogens with one attached hydrogen (secondary N) is 3. The first-order chi connectivity index (χ1) is 27.6. The number of rotatable bonds is 10. The summed E-state index contributed by atoms with van der Waals surface area (Å²) in [5.74, 6) is -3.22. The van der Waals surface area contributed by atoms with Gasteiger partial charge in [0.15, 0.2) is 0 Å². The molecule has 2 aliphatic heterocycles. The third-order valence-electron chi connectivity index (χ3n) is 12.0. The SMILES string of the molecule is COC[C@@H]1C[C@@H](C)CC/C=C\[C@@H]2C[C@@]2(C(=O)NS(=O)(=O)C2(C)CC2)NC(=O)[C@@H]2C[C@@H](Oc3nccc4cc(OC)ccc34)CN2C(=O)[C@H]1NC(=O)OC(C)(C)C(F)(F)F. The predicted molar refractivity (Wildman–Crippen MR) is 208 cm³/mol. The van der Waals surface area contributed by atoms with Crippen LogP contribution >= 0.6 is 0 Å². The maximum absolute atomic E-state index is 14.9. The number of carbonyl (C=O) groups is 4. The molecule has 3 fully saturated rings. The first-order valence-electron chi connectivity index (χ1n) is 19.6. The summed E-state index contributed by atoms with van der Waals surface area (Å²) in [7, 11) is -1.18. The Kier molecular flexibility index (Phi) is 12.2. The fourth-order valence-corrected chi connectivity index (χ4v) is 9.06. The number of carbonyl (C=O) groups excluding carboxylic acids is 4. The zero-order valence-electron chi connectivity index (χ0n) is 33.9. The van der Waals surface area contributed by atoms with E-state index in [1.807, 2.05) is 13.0 Å². The van der Waals surface area contributed by atoms with Gasteiger partial charge in [0.1, 0.15) is 29.5 Å². The number of ether oxygens (including phenoxy) is 4. The molecule has 0 radical (unpaired) electrons. The summed E-state index contributed by atoms with van der Waals surface area (Å²) in [5, 5.41) is 6.51. The number of fused-ring (bicyclic) bond motifs is 3. The van der Waals surface area contributed by atoms with Crippen molar-refractivity contribution in [1.82, 2.24) is 25.2 Å². The molecule has 1 aromatic carbocycles. The van der Waals surface area contributed by atoms with E-state index in [0.717, 1.165) is 5.39 Å². The fraction of sp³-hybridized carbons (Fsp3) is 0.625. The molecule has 19 heteroatoms. The van der Waals surface area contributed by atoms with Crippen LogP contribution in [0.4, 0.5) is 18.0 Å². The highest BCUT2D eigenvalue weighted by Gasteiger charge is 2.63. The number of sulfonamides is 1. The van der Waals surface area contributed by atoms with Crippen LogP contribution in [-0.4, -0.2) is 110 Å². The van der Waals surface area contributed by atoms with Crippen LogP contribution in [0.3, 0.4) is 0 Å². The van der Waals surface area contributed by atoms with Crippen LogP contribution in [-0.2, 0) is 33.9 Å². The molecule has 2 aromatic rings. The summed E-state index contributed by atoms with van der Waals surface area (Å²) in [6, 6.07) is 4.09. The highest BCUT2D eigenvalue weighted by Crippen LogP contribution is 2.48. The van der Waals surface area contributed by atoms with Crippen molar-refractivity contribution in [3.8, 4) is 11.6 Å². The Balaban J connectivity index is 1.38. The van der Waals surface area contributed by atoms with Crippen LogP contribution in [0.5, 0.6) is 11.6 Å². The van der Waals surface area contributed by atoms with Crippen LogP contribution in [0.2, 0.25) is 0 Å². The van der Waals surface area contributed by atoms with Gasteiger partial charge in [0.05, 0.1) is 25.0 Å². The number of allylic oxidation sites excluding steroid dienone is 1. The van der Waals surface area contributed by atoms with Gasteiger partial charge in [-0.15, -0.1) is 0 Å². The van der Waals surface area contributed by atoms with Crippen molar-refractivity contribution in [1.29, 1.82) is 0 Å². The van der Waals surface area contributed by atoms with Crippen LogP contribution < -0.4 is 24.8 Å². The van der Waals surface area contributed by atoms with Gasteiger partial charge in [-0.25, -0.2) is 18.2 Å². The Morgan fingerprint density at radius 2 is 1.83 bits per heavy atom. The molecule has 0 spiro atoms. The van der Waals surface area contributed by atoms with Crippen molar-refractivity contribution in [2.45, 2.75) is 113 Å². The predicted octanol–water partition coefficient (Wildman–Crippen LogP) is 4.54. The monoisotopic (exact) mass is 851 g/mol. The Morgan fingerprint density at radius 1 is 1.10 bits per heavy atom. The molecule has 0 bridgehead atoms. The van der Waals surface area contributed by atoms with Crippen LogP contribution in [0.1, 0.15) is 72.6 Å². The van der Waals surface area contributed by atoms with E-state index in [9.17, 15) is 40.8 Å². The lowest BCUT2D eigenvalue weighted by atomic mass is 9.87. The minimum absolute atomic E-state index is 0.0910. The molecule has 2 saturated carbocycles. The number of hydrogen-bond acceptors (Lipinski definition) is 11. The Morgan fingerprint density at radius 3 is 2.49 bits per heavy atom. The fourth-order valence-electron chi connectivity index (χ4n) is 7.74. The second-order valence-corrected chi connectivity index (χ2v) is 19.1. The van der Waals surface area contributed by atoms with Gasteiger partial charge in [-0.05, 0) is 94.9 Å². The lowest BCUT2D eigenvalue weighted by Gasteiger charge is -2.35. The quantitative estimate of drug-likeness (QED) is 0.285. The summed E-state index contributed by atoms with van der Waals surface area (Å²) in [5.41, 5.74) is -4.58.